The molecule has 0 amide bonds. The molecule has 0 aliphatic heterocycles. The highest BCUT2D eigenvalue weighted by Crippen LogP contribution is 2.11. The van der Waals surface area contributed by atoms with Gasteiger partial charge in [0.15, 0.2) is 0 Å². The highest BCUT2D eigenvalue weighted by atomic mass is 16.4. The zero-order chi connectivity index (χ0) is 10.2. The molecule has 1 rings (SSSR count). The van der Waals surface area contributed by atoms with Gasteiger partial charge in [-0.05, 0) is 13.8 Å². The van der Waals surface area contributed by atoms with E-state index in [-0.39, 0.29) is 5.56 Å². The Morgan fingerprint density at radius 2 is 1.92 bits per heavy atom. The third kappa shape index (κ3) is 1.44. The van der Waals surface area contributed by atoms with Crippen molar-refractivity contribution in [1.82, 2.24) is 9.78 Å². The average molecular weight is 181 g/mol. The fourth-order valence-electron chi connectivity index (χ4n) is 1.20. The summed E-state index contributed by atoms with van der Waals surface area (Å²) in [5.74, 6) is -2.71. The number of ketones is 1. The highest BCUT2D eigenvalue weighted by molar-refractivity contribution is 6.39. The monoisotopic (exact) mass is 181 g/mol. The Morgan fingerprint density at radius 1 is 1.38 bits per heavy atom. The van der Waals surface area contributed by atoms with E-state index in [1.807, 2.05) is 0 Å². The van der Waals surface area contributed by atoms with Crippen molar-refractivity contribution < 1.29 is 14.7 Å². The van der Waals surface area contributed by atoms with Crippen LogP contribution in [0.25, 0.3) is 0 Å². The summed E-state index contributed by atoms with van der Waals surface area (Å²) in [6.45, 7) is 3.22. The van der Waals surface area contributed by atoms with E-state index in [1.165, 1.54) is 4.68 Å². The first kappa shape index (κ1) is 9.44. The van der Waals surface area contributed by atoms with Crippen LogP contribution in [0.2, 0.25) is 0 Å². The van der Waals surface area contributed by atoms with Crippen LogP contribution in [0.5, 0.6) is 0 Å². The second-order valence-electron chi connectivity index (χ2n) is 2.79. The van der Waals surface area contributed by atoms with Crippen LogP contribution in [0.15, 0.2) is 0 Å². The molecule has 0 radical (unpaired) electrons. The van der Waals surface area contributed by atoms with Gasteiger partial charge in [-0.25, -0.2) is 0 Å². The van der Waals surface area contributed by atoms with Gasteiger partial charge in [-0.1, -0.05) is 0 Å². The fourth-order valence-corrected chi connectivity index (χ4v) is 1.20. The molecule has 1 heterocycles. The molecule has 0 aromatic carbocycles. The molecule has 0 bridgehead atoms. The third-order valence-electron chi connectivity index (χ3n) is 1.92. The van der Waals surface area contributed by atoms with Crippen LogP contribution in [0.4, 0.5) is 0 Å². The summed E-state index contributed by atoms with van der Waals surface area (Å²) in [7, 11) is 1.65. The van der Waals surface area contributed by atoms with E-state index in [9.17, 15) is 14.7 Å². The molecule has 0 spiro atoms. The Morgan fingerprint density at radius 3 is 2.23 bits per heavy atom. The van der Waals surface area contributed by atoms with Crippen LogP contribution < -0.4 is 5.11 Å². The van der Waals surface area contributed by atoms with E-state index in [1.54, 1.807) is 20.9 Å². The molecule has 0 atom stereocenters. The summed E-state index contributed by atoms with van der Waals surface area (Å²) in [5, 5.41) is 14.2. The maximum Gasteiger partial charge on any atom is 0.212 e. The van der Waals surface area contributed by atoms with Gasteiger partial charge < -0.3 is 9.90 Å². The molecule has 0 unspecified atom stereocenters. The van der Waals surface area contributed by atoms with E-state index in [4.69, 9.17) is 0 Å². The third-order valence-corrected chi connectivity index (χ3v) is 1.92. The van der Waals surface area contributed by atoms with Crippen molar-refractivity contribution >= 4 is 11.8 Å². The van der Waals surface area contributed by atoms with Crippen molar-refractivity contribution in [3.8, 4) is 0 Å². The molecule has 1 aromatic heterocycles. The number of aromatic nitrogens is 2. The van der Waals surface area contributed by atoms with Gasteiger partial charge in [0, 0.05) is 12.7 Å². The fraction of sp³-hybridized carbons (Fsp3) is 0.375. The molecule has 70 valence electrons. The SMILES string of the molecule is Cc1nn(C)c(C)c1C(=O)C(=O)[O-]. The van der Waals surface area contributed by atoms with Gasteiger partial charge in [0.25, 0.3) is 0 Å². The van der Waals surface area contributed by atoms with Crippen LogP contribution in [0, 0.1) is 13.8 Å². The molecule has 0 fully saturated rings. The van der Waals surface area contributed by atoms with E-state index in [2.05, 4.69) is 5.10 Å². The molecular weight excluding hydrogens is 172 g/mol. The number of Topliss-reactive ketones (excluding diaryl/α,β-unsaturated/α-hetero) is 1. The number of carbonyl (C=O) groups excluding carboxylic acids is 2. The van der Waals surface area contributed by atoms with Crippen LogP contribution in [0.1, 0.15) is 21.7 Å². The number of rotatable bonds is 2. The smallest absolute Gasteiger partial charge is 0.212 e. The maximum absolute atomic E-state index is 11.1. The largest absolute Gasteiger partial charge is 0.541 e. The minimum absolute atomic E-state index is 0.127. The Kier molecular flexibility index (Phi) is 2.18. The molecule has 0 aliphatic rings. The Bertz CT molecular complexity index is 379. The minimum atomic E-state index is -1.70. The number of nitrogens with zero attached hydrogens (tertiary/aromatic N) is 2. The van der Waals surface area contributed by atoms with Gasteiger partial charge in [0.1, 0.15) is 5.97 Å². The standard InChI is InChI=1S/C8H10N2O3/c1-4-6(7(11)8(12)13)5(2)10(3)9-4/h1-3H3,(H,12,13)/p-1. The summed E-state index contributed by atoms with van der Waals surface area (Å²) in [6.07, 6.45) is 0. The highest BCUT2D eigenvalue weighted by Gasteiger charge is 2.17. The predicted molar refractivity (Wildman–Crippen MR) is 42.0 cm³/mol. The van der Waals surface area contributed by atoms with E-state index in [0.29, 0.717) is 11.4 Å². The van der Waals surface area contributed by atoms with Gasteiger partial charge in [0.2, 0.25) is 5.78 Å². The number of carboxylic acids is 1. The number of aryl methyl sites for hydroxylation is 2. The quantitative estimate of drug-likeness (QED) is 0.432. The summed E-state index contributed by atoms with van der Waals surface area (Å²) in [4.78, 5) is 21.4. The summed E-state index contributed by atoms with van der Waals surface area (Å²) >= 11 is 0. The van der Waals surface area contributed by atoms with Gasteiger partial charge >= 0.3 is 0 Å². The number of hydrogen-bond acceptors (Lipinski definition) is 4. The molecular formula is C8H9N2O3-. The van der Waals surface area contributed by atoms with Crippen molar-refractivity contribution in [3.63, 3.8) is 0 Å². The first-order valence-electron chi connectivity index (χ1n) is 3.71. The second kappa shape index (κ2) is 3.01. The molecule has 5 heteroatoms. The normalized spacial score (nSPS) is 10.1. The summed E-state index contributed by atoms with van der Waals surface area (Å²) in [6, 6.07) is 0. The molecule has 5 nitrogen and oxygen atoms in total. The molecule has 0 N–H and O–H groups in total. The van der Waals surface area contributed by atoms with Gasteiger partial charge in [-0.3, -0.25) is 9.48 Å². The van der Waals surface area contributed by atoms with E-state index in [0.717, 1.165) is 0 Å². The number of carbonyl (C=O) groups is 2. The Balaban J connectivity index is 3.29. The summed E-state index contributed by atoms with van der Waals surface area (Å²) in [5.41, 5.74) is 1.07. The number of aliphatic carboxylic acids is 1. The van der Waals surface area contributed by atoms with Crippen LogP contribution >= 0.6 is 0 Å². The maximum atomic E-state index is 11.1. The lowest BCUT2D eigenvalue weighted by Gasteiger charge is -2.00. The lowest BCUT2D eigenvalue weighted by Crippen LogP contribution is -2.32. The minimum Gasteiger partial charge on any atom is -0.541 e. The van der Waals surface area contributed by atoms with Crippen molar-refractivity contribution in [2.24, 2.45) is 7.05 Å². The zero-order valence-corrected chi connectivity index (χ0v) is 7.62. The lowest BCUT2D eigenvalue weighted by atomic mass is 10.1. The first-order valence-corrected chi connectivity index (χ1v) is 3.71. The van der Waals surface area contributed by atoms with Crippen molar-refractivity contribution in [2.45, 2.75) is 13.8 Å². The molecule has 13 heavy (non-hydrogen) atoms. The van der Waals surface area contributed by atoms with E-state index < -0.39 is 11.8 Å². The van der Waals surface area contributed by atoms with Gasteiger partial charge in [-0.2, -0.15) is 5.10 Å². The van der Waals surface area contributed by atoms with Crippen molar-refractivity contribution in [1.29, 1.82) is 0 Å². The Hall–Kier alpha value is -1.65. The number of hydrogen-bond donors (Lipinski definition) is 0. The van der Waals surface area contributed by atoms with Crippen LogP contribution in [0.3, 0.4) is 0 Å². The zero-order valence-electron chi connectivity index (χ0n) is 7.62. The topological polar surface area (TPSA) is 75.0 Å². The second-order valence-corrected chi connectivity index (χ2v) is 2.79. The van der Waals surface area contributed by atoms with Crippen LogP contribution in [-0.4, -0.2) is 21.5 Å². The number of carboxylic acid groups (broad SMARTS) is 1. The average Bonchev–Trinajstić information content (AvgIpc) is 2.26. The van der Waals surface area contributed by atoms with Crippen LogP contribution in [-0.2, 0) is 11.8 Å². The molecule has 0 saturated heterocycles. The van der Waals surface area contributed by atoms with Crippen molar-refractivity contribution in [2.75, 3.05) is 0 Å². The lowest BCUT2D eigenvalue weighted by molar-refractivity contribution is -0.296. The molecule has 0 saturated carbocycles. The molecule has 0 aliphatic carbocycles. The first-order chi connectivity index (χ1) is 5.95. The Labute approximate surface area is 75.0 Å². The summed E-state index contributed by atoms with van der Waals surface area (Å²) < 4.78 is 1.46. The van der Waals surface area contributed by atoms with Gasteiger partial charge in [0.05, 0.1) is 11.3 Å². The predicted octanol–water partition coefficient (Wildman–Crippen LogP) is -1.03. The molecule has 1 aromatic rings. The van der Waals surface area contributed by atoms with Crippen molar-refractivity contribution in [3.05, 3.63) is 17.0 Å². The van der Waals surface area contributed by atoms with E-state index >= 15 is 0 Å². The van der Waals surface area contributed by atoms with Gasteiger partial charge in [-0.15, -0.1) is 0 Å².